The standard InChI is InChI=1S/C19H12Cl4O5S/c20-12-4-1-10(2-5-12)19(29(26,27)28,11-3-6-14(21)17(24)7-11)13-8-16(23)18(25)9-15(13)22/h1-9,24-25H,(H,26,27,28). The topological polar surface area (TPSA) is 94.8 Å². The largest absolute Gasteiger partial charge is 0.506 e. The summed E-state index contributed by atoms with van der Waals surface area (Å²) >= 11 is 24.1. The molecule has 0 bridgehead atoms. The Bertz CT molecular complexity index is 1200. The van der Waals surface area contributed by atoms with Crippen LogP contribution < -0.4 is 0 Å². The van der Waals surface area contributed by atoms with Crippen molar-refractivity contribution in [1.29, 1.82) is 0 Å². The summed E-state index contributed by atoms with van der Waals surface area (Å²) in [5.74, 6) is -0.785. The van der Waals surface area contributed by atoms with E-state index in [2.05, 4.69) is 0 Å². The van der Waals surface area contributed by atoms with Crippen molar-refractivity contribution in [3.05, 3.63) is 91.4 Å². The molecule has 0 amide bonds. The molecule has 3 rings (SSSR count). The first-order valence-electron chi connectivity index (χ1n) is 7.89. The quantitative estimate of drug-likeness (QED) is 0.311. The third-order valence-electron chi connectivity index (χ3n) is 4.41. The molecule has 3 aromatic rings. The predicted octanol–water partition coefficient (Wildman–Crippen LogP) is 5.89. The molecule has 1 unspecified atom stereocenters. The van der Waals surface area contributed by atoms with E-state index in [1.807, 2.05) is 0 Å². The highest BCUT2D eigenvalue weighted by Gasteiger charge is 2.50. The van der Waals surface area contributed by atoms with Crippen molar-refractivity contribution in [1.82, 2.24) is 0 Å². The average molecular weight is 494 g/mol. The molecule has 0 aliphatic rings. The van der Waals surface area contributed by atoms with Gasteiger partial charge in [0.2, 0.25) is 0 Å². The van der Waals surface area contributed by atoms with E-state index in [9.17, 15) is 23.2 Å². The molecule has 0 aliphatic carbocycles. The van der Waals surface area contributed by atoms with Crippen molar-refractivity contribution in [2.45, 2.75) is 4.75 Å². The van der Waals surface area contributed by atoms with Crippen LogP contribution in [0.5, 0.6) is 11.5 Å². The molecule has 1 atom stereocenters. The zero-order chi connectivity index (χ0) is 21.6. The Morgan fingerprint density at radius 3 is 1.79 bits per heavy atom. The normalized spacial score (nSPS) is 13.8. The molecule has 0 spiro atoms. The van der Waals surface area contributed by atoms with Crippen molar-refractivity contribution in [3.63, 3.8) is 0 Å². The number of halogens is 4. The fourth-order valence-electron chi connectivity index (χ4n) is 3.14. The highest BCUT2D eigenvalue weighted by molar-refractivity contribution is 7.87. The number of aromatic hydroxyl groups is 2. The minimum Gasteiger partial charge on any atom is -0.506 e. The number of hydrogen-bond donors (Lipinski definition) is 3. The maximum absolute atomic E-state index is 12.9. The smallest absolute Gasteiger partial charge is 0.283 e. The molecule has 3 aromatic carbocycles. The van der Waals surface area contributed by atoms with Crippen LogP contribution in [0.1, 0.15) is 16.7 Å². The van der Waals surface area contributed by atoms with Crippen molar-refractivity contribution >= 4 is 56.5 Å². The SMILES string of the molecule is O=S(=O)(O)C(c1ccc(Cl)cc1)(c1ccc(Cl)c(O)c1)c1cc(Cl)c(O)cc1Cl. The number of benzene rings is 3. The molecule has 10 heteroatoms. The van der Waals surface area contributed by atoms with Crippen LogP contribution in [0.2, 0.25) is 20.1 Å². The number of rotatable bonds is 4. The second kappa shape index (κ2) is 7.87. The van der Waals surface area contributed by atoms with Gasteiger partial charge in [0.05, 0.1) is 10.0 Å². The van der Waals surface area contributed by atoms with Crippen LogP contribution in [0.25, 0.3) is 0 Å². The molecular formula is C19H12Cl4O5S. The Morgan fingerprint density at radius 2 is 1.24 bits per heavy atom. The predicted molar refractivity (Wildman–Crippen MR) is 114 cm³/mol. The van der Waals surface area contributed by atoms with Crippen molar-refractivity contribution in [2.75, 3.05) is 0 Å². The zero-order valence-corrected chi connectivity index (χ0v) is 18.1. The van der Waals surface area contributed by atoms with E-state index in [1.54, 1.807) is 0 Å². The minimum absolute atomic E-state index is 0.0241. The highest BCUT2D eigenvalue weighted by atomic mass is 35.5. The summed E-state index contributed by atoms with van der Waals surface area (Å²) in [5, 5.41) is 19.9. The van der Waals surface area contributed by atoms with Crippen LogP contribution >= 0.6 is 46.4 Å². The van der Waals surface area contributed by atoms with Gasteiger partial charge in [-0.2, -0.15) is 8.42 Å². The molecule has 152 valence electrons. The molecule has 5 nitrogen and oxygen atoms in total. The van der Waals surface area contributed by atoms with E-state index in [1.165, 1.54) is 36.4 Å². The van der Waals surface area contributed by atoms with E-state index in [4.69, 9.17) is 46.4 Å². The fraction of sp³-hybridized carbons (Fsp3) is 0.0526. The summed E-state index contributed by atoms with van der Waals surface area (Å²) in [6.45, 7) is 0. The van der Waals surface area contributed by atoms with E-state index in [-0.39, 0.29) is 37.5 Å². The van der Waals surface area contributed by atoms with Gasteiger partial charge in [-0.05, 0) is 41.5 Å². The molecule has 0 aromatic heterocycles. The number of phenols is 2. The average Bonchev–Trinajstić information content (AvgIpc) is 2.63. The second-order valence-electron chi connectivity index (χ2n) is 6.11. The van der Waals surface area contributed by atoms with Crippen LogP contribution in [-0.4, -0.2) is 23.2 Å². The maximum Gasteiger partial charge on any atom is 0.283 e. The van der Waals surface area contributed by atoms with Gasteiger partial charge >= 0.3 is 0 Å². The monoisotopic (exact) mass is 492 g/mol. The summed E-state index contributed by atoms with van der Waals surface area (Å²) < 4.78 is 34.0. The third-order valence-corrected chi connectivity index (χ3v) is 7.06. The Hall–Kier alpha value is -1.67. The van der Waals surface area contributed by atoms with E-state index in [0.717, 1.165) is 18.2 Å². The van der Waals surface area contributed by atoms with Gasteiger partial charge < -0.3 is 10.2 Å². The van der Waals surface area contributed by atoms with Crippen molar-refractivity contribution in [3.8, 4) is 11.5 Å². The molecule has 0 saturated carbocycles. The first-order valence-corrected chi connectivity index (χ1v) is 10.8. The molecule has 3 N–H and O–H groups in total. The summed E-state index contributed by atoms with van der Waals surface area (Å²) in [4.78, 5) is 0. The lowest BCUT2D eigenvalue weighted by atomic mass is 9.83. The molecular weight excluding hydrogens is 482 g/mol. The van der Waals surface area contributed by atoms with Gasteiger partial charge in [0.15, 0.2) is 4.75 Å². The maximum atomic E-state index is 12.9. The number of phenolic OH excluding ortho intramolecular Hbond substituents is 2. The highest BCUT2D eigenvalue weighted by Crippen LogP contribution is 2.49. The first kappa shape index (κ1) is 22.0. The van der Waals surface area contributed by atoms with Gasteiger partial charge in [-0.1, -0.05) is 64.6 Å². The van der Waals surface area contributed by atoms with Gasteiger partial charge in [0.1, 0.15) is 11.5 Å². The lowest BCUT2D eigenvalue weighted by molar-refractivity contribution is 0.455. The summed E-state index contributed by atoms with van der Waals surface area (Å²) in [6, 6.07) is 11.5. The first-order chi connectivity index (χ1) is 13.5. The number of hydrogen-bond acceptors (Lipinski definition) is 4. The van der Waals surface area contributed by atoms with Crippen LogP contribution in [0.4, 0.5) is 0 Å². The third kappa shape index (κ3) is 3.77. The van der Waals surface area contributed by atoms with Crippen LogP contribution in [0, 0.1) is 0 Å². The lowest BCUT2D eigenvalue weighted by Gasteiger charge is -2.33. The van der Waals surface area contributed by atoms with Gasteiger partial charge in [-0.25, -0.2) is 0 Å². The lowest BCUT2D eigenvalue weighted by Crippen LogP contribution is -2.38. The van der Waals surface area contributed by atoms with E-state index < -0.39 is 20.6 Å². The Labute approximate surface area is 186 Å². The van der Waals surface area contributed by atoms with E-state index in [0.29, 0.717) is 5.02 Å². The van der Waals surface area contributed by atoms with Crippen LogP contribution in [-0.2, 0) is 14.9 Å². The summed E-state index contributed by atoms with van der Waals surface area (Å²) in [7, 11) is -5.00. The molecule has 29 heavy (non-hydrogen) atoms. The Kier molecular flexibility index (Phi) is 5.98. The Balaban J connectivity index is 2.56. The molecule has 0 saturated heterocycles. The summed E-state index contributed by atoms with van der Waals surface area (Å²) in [6.07, 6.45) is 0. The minimum atomic E-state index is -5.00. The molecule has 0 fully saturated rings. The van der Waals surface area contributed by atoms with Crippen LogP contribution in [0.15, 0.2) is 54.6 Å². The van der Waals surface area contributed by atoms with Gasteiger partial charge in [-0.3, -0.25) is 4.55 Å². The molecule has 0 radical (unpaired) electrons. The van der Waals surface area contributed by atoms with E-state index >= 15 is 0 Å². The molecule has 0 heterocycles. The zero-order valence-electron chi connectivity index (χ0n) is 14.3. The Morgan fingerprint density at radius 1 is 0.690 bits per heavy atom. The van der Waals surface area contributed by atoms with Gasteiger partial charge in [-0.15, -0.1) is 0 Å². The fourth-order valence-corrected chi connectivity index (χ4v) is 5.21. The second-order valence-corrected chi connectivity index (χ2v) is 9.33. The van der Waals surface area contributed by atoms with Gasteiger partial charge in [0.25, 0.3) is 10.1 Å². The molecule has 0 aliphatic heterocycles. The summed E-state index contributed by atoms with van der Waals surface area (Å²) in [5.41, 5.74) is -0.142. The van der Waals surface area contributed by atoms with Crippen LogP contribution in [0.3, 0.4) is 0 Å². The van der Waals surface area contributed by atoms with Gasteiger partial charge in [0, 0.05) is 21.7 Å². The van der Waals surface area contributed by atoms with Crippen molar-refractivity contribution < 1.29 is 23.2 Å². The van der Waals surface area contributed by atoms with Crippen molar-refractivity contribution in [2.24, 2.45) is 0 Å².